The van der Waals surface area contributed by atoms with Crippen LogP contribution in [0.2, 0.25) is 5.02 Å². The first-order chi connectivity index (χ1) is 9.86. The lowest BCUT2D eigenvalue weighted by Crippen LogP contribution is -2.04. The number of rotatable bonds is 1. The molecule has 108 valence electrons. The minimum Gasteiger partial charge on any atom is -0.338 e. The number of halogens is 5. The molecule has 1 aromatic heterocycles. The van der Waals surface area contributed by atoms with Crippen molar-refractivity contribution in [1.29, 1.82) is 0 Å². The van der Waals surface area contributed by atoms with E-state index in [-0.39, 0.29) is 21.9 Å². The van der Waals surface area contributed by atoms with Crippen molar-refractivity contribution in [3.05, 3.63) is 52.8 Å². The summed E-state index contributed by atoms with van der Waals surface area (Å²) in [5, 5.41) is -0.0797. The monoisotopic (exact) mass is 314 g/mol. The van der Waals surface area contributed by atoms with Crippen LogP contribution >= 0.6 is 11.6 Å². The normalized spacial score (nSPS) is 12.0. The summed E-state index contributed by atoms with van der Waals surface area (Å²) in [6.45, 7) is 0. The molecule has 0 saturated carbocycles. The number of fused-ring (bicyclic) bond motifs is 1. The smallest absolute Gasteiger partial charge is 0.338 e. The zero-order chi connectivity index (χ0) is 15.2. The molecule has 3 rings (SSSR count). The Hall–Kier alpha value is -2.08. The first kappa shape index (κ1) is 13.9. The van der Waals surface area contributed by atoms with Gasteiger partial charge < -0.3 is 4.98 Å². The van der Waals surface area contributed by atoms with Crippen LogP contribution in [-0.4, -0.2) is 9.97 Å². The van der Waals surface area contributed by atoms with Crippen LogP contribution in [0.15, 0.2) is 36.4 Å². The van der Waals surface area contributed by atoms with Crippen molar-refractivity contribution in [2.75, 3.05) is 0 Å². The first-order valence-corrected chi connectivity index (χ1v) is 6.25. The summed E-state index contributed by atoms with van der Waals surface area (Å²) in [7, 11) is 0. The van der Waals surface area contributed by atoms with Gasteiger partial charge in [-0.1, -0.05) is 17.7 Å². The summed E-state index contributed by atoms with van der Waals surface area (Å²) < 4.78 is 51.9. The minimum atomic E-state index is -4.44. The van der Waals surface area contributed by atoms with Gasteiger partial charge in [-0.25, -0.2) is 9.37 Å². The van der Waals surface area contributed by atoms with Crippen LogP contribution < -0.4 is 0 Å². The molecule has 0 aliphatic heterocycles. The van der Waals surface area contributed by atoms with Crippen molar-refractivity contribution in [1.82, 2.24) is 9.97 Å². The maximum absolute atomic E-state index is 13.9. The van der Waals surface area contributed by atoms with Gasteiger partial charge in [0.05, 0.1) is 27.2 Å². The predicted molar refractivity (Wildman–Crippen MR) is 71.5 cm³/mol. The molecule has 0 aliphatic rings. The lowest BCUT2D eigenvalue weighted by molar-refractivity contribution is -0.137. The number of alkyl halides is 3. The zero-order valence-electron chi connectivity index (χ0n) is 10.3. The van der Waals surface area contributed by atoms with Crippen LogP contribution in [0.5, 0.6) is 0 Å². The number of nitrogens with one attached hydrogen (secondary N) is 1. The van der Waals surface area contributed by atoms with E-state index in [9.17, 15) is 17.6 Å². The molecular formula is C14H7ClF4N2. The lowest BCUT2D eigenvalue weighted by atomic mass is 10.2. The average Bonchev–Trinajstić information content (AvgIpc) is 2.83. The third-order valence-electron chi connectivity index (χ3n) is 3.02. The molecule has 0 unspecified atom stereocenters. The SMILES string of the molecule is Fc1c(Cl)cccc1-c1nc2ccc(C(F)(F)F)cc2[nH]1. The molecule has 0 atom stereocenters. The number of hydrogen-bond donors (Lipinski definition) is 1. The van der Waals surface area contributed by atoms with Crippen LogP contribution in [0.4, 0.5) is 17.6 Å². The standard InChI is InChI=1S/C14H7ClF4N2/c15-9-3-1-2-8(12(9)16)13-20-10-5-4-7(14(17,18)19)6-11(10)21-13/h1-6H,(H,20,21). The van der Waals surface area contributed by atoms with Gasteiger partial charge in [0.25, 0.3) is 0 Å². The third-order valence-corrected chi connectivity index (χ3v) is 3.31. The second-order valence-corrected chi connectivity index (χ2v) is 4.82. The Morgan fingerprint density at radius 3 is 2.57 bits per heavy atom. The van der Waals surface area contributed by atoms with Gasteiger partial charge in [-0.15, -0.1) is 0 Å². The molecule has 1 heterocycles. The number of H-pyrrole nitrogens is 1. The fourth-order valence-corrected chi connectivity index (χ4v) is 2.17. The second kappa shape index (κ2) is 4.73. The van der Waals surface area contributed by atoms with Crippen LogP contribution in [0.25, 0.3) is 22.4 Å². The molecule has 0 radical (unpaired) electrons. The van der Waals surface area contributed by atoms with Gasteiger partial charge >= 0.3 is 6.18 Å². The minimum absolute atomic E-state index is 0.0797. The van der Waals surface area contributed by atoms with Gasteiger partial charge in [-0.05, 0) is 30.3 Å². The van der Waals surface area contributed by atoms with E-state index in [0.717, 1.165) is 12.1 Å². The van der Waals surface area contributed by atoms with Crippen molar-refractivity contribution in [3.63, 3.8) is 0 Å². The molecule has 0 amide bonds. The molecule has 0 spiro atoms. The number of aromatic nitrogens is 2. The largest absolute Gasteiger partial charge is 0.416 e. The van der Waals surface area contributed by atoms with Crippen LogP contribution in [0.1, 0.15) is 5.56 Å². The summed E-state index contributed by atoms with van der Waals surface area (Å²) in [6.07, 6.45) is -4.44. The van der Waals surface area contributed by atoms with Crippen LogP contribution in [-0.2, 0) is 6.18 Å². The van der Waals surface area contributed by atoms with E-state index >= 15 is 0 Å². The number of benzene rings is 2. The molecule has 0 aliphatic carbocycles. The Labute approximate surface area is 121 Å². The zero-order valence-corrected chi connectivity index (χ0v) is 11.1. The van der Waals surface area contributed by atoms with E-state index < -0.39 is 17.6 Å². The van der Waals surface area contributed by atoms with Crippen molar-refractivity contribution >= 4 is 22.6 Å². The van der Waals surface area contributed by atoms with Crippen molar-refractivity contribution < 1.29 is 17.6 Å². The highest BCUT2D eigenvalue weighted by Crippen LogP contribution is 2.32. The maximum atomic E-state index is 13.9. The van der Waals surface area contributed by atoms with E-state index in [1.54, 1.807) is 0 Å². The molecule has 0 fully saturated rings. The van der Waals surface area contributed by atoms with Gasteiger partial charge in [0.15, 0.2) is 5.82 Å². The molecule has 1 N–H and O–H groups in total. The molecular weight excluding hydrogens is 308 g/mol. The van der Waals surface area contributed by atoms with Gasteiger partial charge in [0.2, 0.25) is 0 Å². The molecule has 7 heteroatoms. The fraction of sp³-hybridized carbons (Fsp3) is 0.0714. The second-order valence-electron chi connectivity index (χ2n) is 4.42. The molecule has 3 aromatic rings. The van der Waals surface area contributed by atoms with Gasteiger partial charge in [-0.2, -0.15) is 13.2 Å². The predicted octanol–water partition coefficient (Wildman–Crippen LogP) is 5.04. The summed E-state index contributed by atoms with van der Waals surface area (Å²) in [5.41, 5.74) is -0.194. The summed E-state index contributed by atoms with van der Waals surface area (Å²) in [4.78, 5) is 6.77. The summed E-state index contributed by atoms with van der Waals surface area (Å²) in [5.74, 6) is -0.543. The average molecular weight is 315 g/mol. The van der Waals surface area contributed by atoms with Gasteiger partial charge in [-0.3, -0.25) is 0 Å². The quantitative estimate of drug-likeness (QED) is 0.626. The summed E-state index contributed by atoms with van der Waals surface area (Å²) in [6, 6.07) is 7.47. The number of aromatic amines is 1. The highest BCUT2D eigenvalue weighted by molar-refractivity contribution is 6.31. The highest BCUT2D eigenvalue weighted by atomic mass is 35.5. The van der Waals surface area contributed by atoms with E-state index in [1.165, 1.54) is 24.3 Å². The topological polar surface area (TPSA) is 28.7 Å². The number of nitrogens with zero attached hydrogens (tertiary/aromatic N) is 1. The third kappa shape index (κ3) is 2.47. The molecule has 2 aromatic carbocycles. The van der Waals surface area contributed by atoms with Crippen LogP contribution in [0.3, 0.4) is 0 Å². The van der Waals surface area contributed by atoms with Crippen molar-refractivity contribution in [2.24, 2.45) is 0 Å². The highest BCUT2D eigenvalue weighted by Gasteiger charge is 2.30. The summed E-state index contributed by atoms with van der Waals surface area (Å²) >= 11 is 5.68. The first-order valence-electron chi connectivity index (χ1n) is 5.87. The van der Waals surface area contributed by atoms with Crippen LogP contribution in [0, 0.1) is 5.82 Å². The van der Waals surface area contributed by atoms with Crippen molar-refractivity contribution in [2.45, 2.75) is 6.18 Å². The number of imidazole rings is 1. The van der Waals surface area contributed by atoms with Gasteiger partial charge in [0, 0.05) is 0 Å². The Kier molecular flexibility index (Phi) is 3.13. The lowest BCUT2D eigenvalue weighted by Gasteiger charge is -2.05. The Bertz CT molecular complexity index is 823. The maximum Gasteiger partial charge on any atom is 0.416 e. The van der Waals surface area contributed by atoms with E-state index in [0.29, 0.717) is 5.52 Å². The fourth-order valence-electron chi connectivity index (χ4n) is 2.00. The van der Waals surface area contributed by atoms with E-state index in [4.69, 9.17) is 11.6 Å². The molecule has 0 saturated heterocycles. The van der Waals surface area contributed by atoms with Gasteiger partial charge in [0.1, 0.15) is 5.82 Å². The molecule has 2 nitrogen and oxygen atoms in total. The van der Waals surface area contributed by atoms with E-state index in [1.807, 2.05) is 0 Å². The van der Waals surface area contributed by atoms with Crippen molar-refractivity contribution in [3.8, 4) is 11.4 Å². The van der Waals surface area contributed by atoms with E-state index in [2.05, 4.69) is 9.97 Å². The number of hydrogen-bond acceptors (Lipinski definition) is 1. The Morgan fingerprint density at radius 2 is 1.86 bits per heavy atom. The molecule has 21 heavy (non-hydrogen) atoms. The molecule has 0 bridgehead atoms. The Morgan fingerprint density at radius 1 is 1.10 bits per heavy atom. The Balaban J connectivity index is 2.15.